The third-order valence-corrected chi connectivity index (χ3v) is 16.2. The fourth-order valence-corrected chi connectivity index (χ4v) is 12.2. The van der Waals surface area contributed by atoms with E-state index in [0.717, 1.165) is 99.7 Å². The second kappa shape index (κ2) is 20.2. The Bertz CT molecular complexity index is 4510. The summed E-state index contributed by atoms with van der Waals surface area (Å²) in [4.78, 5) is 43.5. The van der Waals surface area contributed by atoms with Gasteiger partial charge < -0.3 is 47.1 Å². The summed E-state index contributed by atoms with van der Waals surface area (Å²) in [7, 11) is 8.29. The van der Waals surface area contributed by atoms with E-state index >= 15 is 0 Å². The molecule has 2 atom stereocenters. The Morgan fingerprint density at radius 1 is 0.458 bits per heavy atom. The minimum absolute atomic E-state index is 0.0131. The first-order valence-corrected chi connectivity index (χ1v) is 27.9. The van der Waals surface area contributed by atoms with Crippen molar-refractivity contribution in [3.63, 3.8) is 0 Å². The maximum absolute atomic E-state index is 6.16. The van der Waals surface area contributed by atoms with Crippen LogP contribution in [0.15, 0.2) is 159 Å². The van der Waals surface area contributed by atoms with Crippen LogP contribution in [0.5, 0.6) is 0 Å². The number of aromatic nitrogens is 8. The van der Waals surface area contributed by atoms with E-state index in [4.69, 9.17) is 23.2 Å². The molecule has 0 radical (unpaired) electrons. The van der Waals surface area contributed by atoms with Crippen LogP contribution in [0.3, 0.4) is 0 Å². The SMILES string of the molecule is Cc1ccc2c3c(oc2n1)=CB(N1c2cccnc2N(c2ccccc2)[C@@H]1C)N(C)C=3.Cc1ccc2c3c(oc2n1)=CB(N1c2nccnc2N(c2ccccc2)[C@@H]1C)N(C)C=3.Cc1ccc2c3c(oc2n1)=CB([n+]1cccn1C)N(C)C=3. The van der Waals surface area contributed by atoms with Crippen molar-refractivity contribution < 1.29 is 17.8 Å². The minimum Gasteiger partial charge on any atom is -0.439 e. The highest BCUT2D eigenvalue weighted by atomic mass is 16.3. The van der Waals surface area contributed by atoms with Gasteiger partial charge in [-0.05, 0) is 141 Å². The summed E-state index contributed by atoms with van der Waals surface area (Å²) in [5.41, 5.74) is 10.9. The normalized spacial score (nSPS) is 16.6. The number of fused-ring (bicyclic) bond motifs is 11. The van der Waals surface area contributed by atoms with Crippen molar-refractivity contribution in [1.29, 1.82) is 0 Å². The van der Waals surface area contributed by atoms with Crippen molar-refractivity contribution in [2.45, 2.75) is 47.0 Å². The molecular weight excluding hydrogens is 1040 g/mol. The van der Waals surface area contributed by atoms with Crippen molar-refractivity contribution in [3.05, 3.63) is 195 Å². The number of para-hydroxylation sites is 2. The van der Waals surface area contributed by atoms with Gasteiger partial charge in [-0.3, -0.25) is 0 Å². The van der Waals surface area contributed by atoms with E-state index in [9.17, 15) is 0 Å². The molecule has 0 N–H and O–H groups in total. The second-order valence-corrected chi connectivity index (χ2v) is 21.7. The predicted octanol–water partition coefficient (Wildman–Crippen LogP) is 5.25. The van der Waals surface area contributed by atoms with E-state index in [1.165, 1.54) is 0 Å². The summed E-state index contributed by atoms with van der Waals surface area (Å²) < 4.78 is 22.4. The van der Waals surface area contributed by atoms with E-state index in [0.29, 0.717) is 17.1 Å². The van der Waals surface area contributed by atoms with Gasteiger partial charge in [-0.15, -0.1) is 0 Å². The molecule has 0 fully saturated rings. The number of hydrogen-bond acceptors (Lipinski definition) is 16. The van der Waals surface area contributed by atoms with Gasteiger partial charge in [0, 0.05) is 110 Å². The van der Waals surface area contributed by atoms with Gasteiger partial charge >= 0.3 is 20.9 Å². The lowest BCUT2D eigenvalue weighted by molar-refractivity contribution is -0.632. The van der Waals surface area contributed by atoms with E-state index in [1.54, 1.807) is 12.4 Å². The number of hydrogen-bond donors (Lipinski definition) is 0. The Labute approximate surface area is 479 Å². The highest BCUT2D eigenvalue weighted by Gasteiger charge is 2.45. The summed E-state index contributed by atoms with van der Waals surface area (Å²) in [5.74, 6) is 9.15. The maximum atomic E-state index is 6.16. The Hall–Kier alpha value is -10.0. The van der Waals surface area contributed by atoms with Crippen LogP contribution < -0.4 is 55.9 Å². The number of nitrogens with zero attached hydrogens (tertiary/aromatic N) is 15. The lowest BCUT2D eigenvalue weighted by Crippen LogP contribution is -2.64. The molecule has 0 spiro atoms. The molecule has 0 saturated heterocycles. The van der Waals surface area contributed by atoms with E-state index in [-0.39, 0.29) is 33.3 Å². The Morgan fingerprint density at radius 2 is 0.916 bits per heavy atom. The maximum Gasteiger partial charge on any atom is 0.672 e. The molecule has 5 aliphatic heterocycles. The minimum atomic E-state index is -0.0756. The van der Waals surface area contributed by atoms with Crippen LogP contribution in [0, 0.1) is 20.8 Å². The summed E-state index contributed by atoms with van der Waals surface area (Å²) in [6, 6.07) is 39.2. The first kappa shape index (κ1) is 51.1. The zero-order chi connectivity index (χ0) is 56.8. The number of anilines is 6. The zero-order valence-corrected chi connectivity index (χ0v) is 47.6. The quantitative estimate of drug-likeness (QED) is 0.207. The highest BCUT2D eigenvalue weighted by molar-refractivity contribution is 6.76. The number of pyridine rings is 4. The van der Waals surface area contributed by atoms with Crippen LogP contribution in [0.25, 0.3) is 69.8 Å². The average molecular weight is 1090 g/mol. The van der Waals surface area contributed by atoms with E-state index in [1.807, 2.05) is 94.8 Å². The summed E-state index contributed by atoms with van der Waals surface area (Å²) in [5, 5.41) is 6.39. The lowest BCUT2D eigenvalue weighted by atomic mass is 9.69. The third kappa shape index (κ3) is 8.72. The molecule has 9 aromatic heterocycles. The van der Waals surface area contributed by atoms with Crippen LogP contribution in [-0.4, -0.2) is 103 Å². The molecule has 0 unspecified atom stereocenters. The Balaban J connectivity index is 0.000000113. The van der Waals surface area contributed by atoms with Crippen LogP contribution in [-0.2, 0) is 7.05 Å². The number of benzene rings is 2. The predicted molar refractivity (Wildman–Crippen MR) is 330 cm³/mol. The smallest absolute Gasteiger partial charge is 0.439 e. The molecule has 21 heteroatoms. The molecule has 408 valence electrons. The first-order chi connectivity index (χ1) is 40.4. The molecule has 18 nitrogen and oxygen atoms in total. The van der Waals surface area contributed by atoms with Crippen molar-refractivity contribution in [2.24, 2.45) is 7.05 Å². The molecule has 0 aliphatic carbocycles. The molecule has 14 heterocycles. The summed E-state index contributed by atoms with van der Waals surface area (Å²) in [6.45, 7) is 10.3. The highest BCUT2D eigenvalue weighted by Crippen LogP contribution is 2.44. The van der Waals surface area contributed by atoms with E-state index < -0.39 is 0 Å². The van der Waals surface area contributed by atoms with Gasteiger partial charge in [0.1, 0.15) is 16.2 Å². The fraction of sp³-hybridized carbons (Fsp3) is 0.177. The largest absolute Gasteiger partial charge is 0.672 e. The number of aryl methyl sites for hydroxylation is 4. The van der Waals surface area contributed by atoms with Crippen molar-refractivity contribution in [2.75, 3.05) is 40.6 Å². The van der Waals surface area contributed by atoms with Crippen molar-refractivity contribution in [3.8, 4) is 0 Å². The Kier molecular flexibility index (Phi) is 12.4. The standard InChI is InChI=1S/C24H22BN5O.C23H21BN6O.C15H16BN4O/c1-16-11-12-19-20-15-28(3)25(14-22(20)31-24(19)27-16)30-17(2)29(18-8-5-4-6-9-18)23-21(30)10-7-13-26-23;1-15-9-10-18-19-14-28(3)24(13-20(19)31-23(18)27-15)30-16(2)29(17-7-5-4-6-8-17)21-22(30)26-12-11-25-21;1-11-5-6-12-13-10-18(2)16(20-8-4-7-19(20)3)9-14(13)21-15(12)17-11/h4-15,17H,1-3H3;4-14,16H,1-3H3;4-10H,1-3H3/q;;+1/t17-;16-;/m00./s1. The third-order valence-electron chi connectivity index (χ3n) is 16.2. The van der Waals surface area contributed by atoms with Gasteiger partial charge in [-0.1, -0.05) is 36.4 Å². The van der Waals surface area contributed by atoms with Gasteiger partial charge in [-0.25, -0.2) is 29.9 Å². The molecule has 0 amide bonds. The second-order valence-electron chi connectivity index (χ2n) is 21.7. The van der Waals surface area contributed by atoms with Gasteiger partial charge in [0.15, 0.2) is 23.7 Å². The molecular formula is C62H59B3N15O3+. The molecule has 11 aromatic rings. The van der Waals surface area contributed by atoms with Crippen LogP contribution in [0.4, 0.5) is 34.5 Å². The lowest BCUT2D eigenvalue weighted by Gasteiger charge is -2.36. The Morgan fingerprint density at radius 3 is 1.43 bits per heavy atom. The van der Waals surface area contributed by atoms with Gasteiger partial charge in [0.05, 0.1) is 31.3 Å². The summed E-state index contributed by atoms with van der Waals surface area (Å²) >= 11 is 0. The molecule has 5 aliphatic rings. The van der Waals surface area contributed by atoms with Gasteiger partial charge in [0.25, 0.3) is 0 Å². The number of rotatable bonds is 5. The van der Waals surface area contributed by atoms with Gasteiger partial charge in [-0.2, -0.15) is 9.27 Å². The monoisotopic (exact) mass is 1090 g/mol. The van der Waals surface area contributed by atoms with Crippen LogP contribution >= 0.6 is 0 Å². The molecule has 0 bridgehead atoms. The molecule has 0 saturated carbocycles. The average Bonchev–Trinajstić information content (AvgIpc) is 2.73. The van der Waals surface area contributed by atoms with Crippen LogP contribution in [0.2, 0.25) is 0 Å². The van der Waals surface area contributed by atoms with Crippen LogP contribution in [0.1, 0.15) is 30.9 Å². The molecule has 2 aromatic carbocycles. The van der Waals surface area contributed by atoms with Gasteiger partial charge in [0.2, 0.25) is 17.1 Å². The number of furan rings is 3. The molecule has 16 rings (SSSR count). The zero-order valence-electron chi connectivity index (χ0n) is 47.6. The molecule has 83 heavy (non-hydrogen) atoms. The summed E-state index contributed by atoms with van der Waals surface area (Å²) in [6.07, 6.45) is 16.0. The van der Waals surface area contributed by atoms with E-state index in [2.05, 4.69) is 201 Å². The topological polar surface area (TPSA) is 148 Å². The van der Waals surface area contributed by atoms with Crippen molar-refractivity contribution in [1.82, 2.24) is 49.0 Å². The van der Waals surface area contributed by atoms with Crippen molar-refractivity contribution >= 4 is 125 Å². The fourth-order valence-electron chi connectivity index (χ4n) is 12.2. The first-order valence-electron chi connectivity index (χ1n) is 27.9.